The molecule has 6 atom stereocenters. The van der Waals surface area contributed by atoms with Crippen molar-refractivity contribution < 1.29 is 14.7 Å². The number of ketones is 2. The quantitative estimate of drug-likeness (QED) is 0.747. The lowest BCUT2D eigenvalue weighted by atomic mass is 9.46. The Balaban J connectivity index is 1.80. The van der Waals surface area contributed by atoms with Gasteiger partial charge in [0, 0.05) is 17.3 Å². The maximum absolute atomic E-state index is 12.4. The van der Waals surface area contributed by atoms with Gasteiger partial charge < -0.3 is 5.11 Å². The van der Waals surface area contributed by atoms with Crippen molar-refractivity contribution in [1.29, 1.82) is 0 Å². The summed E-state index contributed by atoms with van der Waals surface area (Å²) in [6, 6.07) is 0. The summed E-state index contributed by atoms with van der Waals surface area (Å²) in [6.45, 7) is 6.17. The fraction of sp³-hybridized carbons (Fsp3) is 0.700. The van der Waals surface area contributed by atoms with Crippen LogP contribution in [0, 0.1) is 28.6 Å². The van der Waals surface area contributed by atoms with E-state index in [0.29, 0.717) is 36.4 Å². The normalized spacial score (nSPS) is 51.8. The number of allylic oxidation sites excluding steroid dienone is 3. The molecule has 23 heavy (non-hydrogen) atoms. The predicted molar refractivity (Wildman–Crippen MR) is 87.6 cm³/mol. The van der Waals surface area contributed by atoms with Crippen LogP contribution in [0.2, 0.25) is 0 Å². The highest BCUT2D eigenvalue weighted by atomic mass is 16.3. The number of carbonyl (C=O) groups is 2. The zero-order chi connectivity index (χ0) is 16.6. The van der Waals surface area contributed by atoms with Gasteiger partial charge in [-0.1, -0.05) is 19.9 Å². The molecule has 0 heterocycles. The lowest BCUT2D eigenvalue weighted by Crippen LogP contribution is -2.56. The fourth-order valence-corrected chi connectivity index (χ4v) is 6.41. The Labute approximate surface area is 137 Å². The zero-order valence-electron chi connectivity index (χ0n) is 14.3. The molecule has 124 valence electrons. The van der Waals surface area contributed by atoms with Gasteiger partial charge in [-0.3, -0.25) is 9.59 Å². The highest BCUT2D eigenvalue weighted by Gasteiger charge is 2.62. The Kier molecular flexibility index (Phi) is 2.96. The molecule has 0 spiro atoms. The first kappa shape index (κ1) is 15.3. The molecule has 0 saturated heterocycles. The summed E-state index contributed by atoms with van der Waals surface area (Å²) in [7, 11) is 0. The number of hydrogen-bond donors (Lipinski definition) is 1. The fourth-order valence-electron chi connectivity index (χ4n) is 6.41. The standard InChI is InChI=1S/C20H26O3/c1-18-8-6-12(21)10-16(18)20(3,23)11-13-14-4-5-17(22)19(14,2)9-7-15(13)18/h6,8,10,13-15,23H,4-5,7,9,11H2,1-3H3/t13-,14-,15-,18+,19-,20?/m0/s1. The summed E-state index contributed by atoms with van der Waals surface area (Å²) in [5, 5.41) is 11.1. The van der Waals surface area contributed by atoms with Crippen LogP contribution >= 0.6 is 0 Å². The molecule has 3 nitrogen and oxygen atoms in total. The van der Waals surface area contributed by atoms with Crippen LogP contribution < -0.4 is 0 Å². The van der Waals surface area contributed by atoms with Gasteiger partial charge in [-0.2, -0.15) is 0 Å². The van der Waals surface area contributed by atoms with Crippen molar-refractivity contribution in [3.63, 3.8) is 0 Å². The van der Waals surface area contributed by atoms with Gasteiger partial charge in [0.2, 0.25) is 0 Å². The van der Waals surface area contributed by atoms with E-state index in [1.165, 1.54) is 0 Å². The molecule has 0 amide bonds. The van der Waals surface area contributed by atoms with Crippen molar-refractivity contribution >= 4 is 11.6 Å². The van der Waals surface area contributed by atoms with E-state index in [1.54, 1.807) is 12.2 Å². The van der Waals surface area contributed by atoms with Gasteiger partial charge in [0.25, 0.3) is 0 Å². The number of carbonyl (C=O) groups excluding carboxylic acids is 2. The summed E-state index contributed by atoms with van der Waals surface area (Å²) in [6.07, 6.45) is 9.63. The van der Waals surface area contributed by atoms with E-state index in [4.69, 9.17) is 0 Å². The predicted octanol–water partition coefficient (Wildman–Crippen LogP) is 3.22. The SMILES string of the molecule is CC1(O)C[C@@H]2[C@H](CC[C@]3(C)C(=O)CC[C@@H]23)[C@@]2(C)C=CC(=O)C=C12. The number of aliphatic hydroxyl groups is 1. The van der Waals surface area contributed by atoms with E-state index in [1.807, 2.05) is 13.0 Å². The maximum atomic E-state index is 12.4. The molecule has 4 aliphatic carbocycles. The minimum absolute atomic E-state index is 0.0205. The Bertz CT molecular complexity index is 656. The van der Waals surface area contributed by atoms with Crippen molar-refractivity contribution in [2.24, 2.45) is 28.6 Å². The summed E-state index contributed by atoms with van der Waals surface area (Å²) >= 11 is 0. The first-order chi connectivity index (χ1) is 10.7. The van der Waals surface area contributed by atoms with Gasteiger partial charge in [-0.25, -0.2) is 0 Å². The van der Waals surface area contributed by atoms with E-state index >= 15 is 0 Å². The third-order valence-electron chi connectivity index (χ3n) is 7.59. The van der Waals surface area contributed by atoms with Crippen molar-refractivity contribution in [2.45, 2.75) is 58.5 Å². The van der Waals surface area contributed by atoms with E-state index in [9.17, 15) is 14.7 Å². The smallest absolute Gasteiger partial charge is 0.178 e. The molecular weight excluding hydrogens is 288 g/mol. The van der Waals surface area contributed by atoms with E-state index in [2.05, 4.69) is 13.8 Å². The molecule has 0 radical (unpaired) electrons. The molecule has 3 saturated carbocycles. The Morgan fingerprint density at radius 3 is 2.61 bits per heavy atom. The number of Topliss-reactive ketones (excluding diaryl/α,β-unsaturated/α-hetero) is 1. The molecule has 3 heteroatoms. The highest BCUT2D eigenvalue weighted by molar-refractivity contribution is 6.01. The molecule has 0 bridgehead atoms. The topological polar surface area (TPSA) is 54.4 Å². The average molecular weight is 314 g/mol. The second-order valence-corrected chi connectivity index (χ2v) is 8.85. The van der Waals surface area contributed by atoms with Crippen LogP contribution in [0.1, 0.15) is 52.9 Å². The van der Waals surface area contributed by atoms with E-state index in [-0.39, 0.29) is 16.6 Å². The molecule has 0 aromatic heterocycles. The highest BCUT2D eigenvalue weighted by Crippen LogP contribution is 2.65. The van der Waals surface area contributed by atoms with Gasteiger partial charge in [-0.15, -0.1) is 0 Å². The molecule has 0 aromatic carbocycles. The third kappa shape index (κ3) is 1.86. The van der Waals surface area contributed by atoms with E-state index < -0.39 is 5.60 Å². The summed E-state index contributed by atoms with van der Waals surface area (Å²) in [5.41, 5.74) is -0.525. The molecule has 1 unspecified atom stereocenters. The van der Waals surface area contributed by atoms with Crippen molar-refractivity contribution in [2.75, 3.05) is 0 Å². The number of rotatable bonds is 0. The lowest BCUT2D eigenvalue weighted by molar-refractivity contribution is -0.135. The molecule has 4 aliphatic rings. The van der Waals surface area contributed by atoms with Gasteiger partial charge >= 0.3 is 0 Å². The molecule has 1 N–H and O–H groups in total. The first-order valence-corrected chi connectivity index (χ1v) is 8.90. The molecule has 4 rings (SSSR count). The summed E-state index contributed by atoms with van der Waals surface area (Å²) in [4.78, 5) is 24.3. The van der Waals surface area contributed by atoms with Crippen LogP contribution in [0.5, 0.6) is 0 Å². The van der Waals surface area contributed by atoms with Crippen molar-refractivity contribution in [3.8, 4) is 0 Å². The summed E-state index contributed by atoms with van der Waals surface area (Å²) in [5.74, 6) is 1.55. The van der Waals surface area contributed by atoms with Crippen LogP contribution in [-0.2, 0) is 9.59 Å². The number of hydrogen-bond acceptors (Lipinski definition) is 3. The zero-order valence-corrected chi connectivity index (χ0v) is 14.3. The summed E-state index contributed by atoms with van der Waals surface area (Å²) < 4.78 is 0. The van der Waals surface area contributed by atoms with E-state index in [0.717, 1.165) is 24.8 Å². The molecule has 0 aromatic rings. The minimum atomic E-state index is -0.958. The van der Waals surface area contributed by atoms with Gasteiger partial charge in [0.1, 0.15) is 5.78 Å². The molecule has 0 aliphatic heterocycles. The largest absolute Gasteiger partial charge is 0.386 e. The van der Waals surface area contributed by atoms with Crippen LogP contribution in [0.3, 0.4) is 0 Å². The van der Waals surface area contributed by atoms with Crippen molar-refractivity contribution in [1.82, 2.24) is 0 Å². The maximum Gasteiger partial charge on any atom is 0.178 e. The molecular formula is C20H26O3. The average Bonchev–Trinajstić information content (AvgIpc) is 2.77. The van der Waals surface area contributed by atoms with Gasteiger partial charge in [0.05, 0.1) is 5.60 Å². The Hall–Kier alpha value is -1.22. The van der Waals surface area contributed by atoms with Crippen LogP contribution in [0.25, 0.3) is 0 Å². The second-order valence-electron chi connectivity index (χ2n) is 8.85. The van der Waals surface area contributed by atoms with Gasteiger partial charge in [0.15, 0.2) is 5.78 Å². The monoisotopic (exact) mass is 314 g/mol. The Morgan fingerprint density at radius 2 is 1.87 bits per heavy atom. The third-order valence-corrected chi connectivity index (χ3v) is 7.59. The number of fused-ring (bicyclic) bond motifs is 5. The second kappa shape index (κ2) is 4.44. The van der Waals surface area contributed by atoms with Crippen LogP contribution in [-0.4, -0.2) is 22.3 Å². The molecule has 3 fully saturated rings. The first-order valence-electron chi connectivity index (χ1n) is 8.90. The van der Waals surface area contributed by atoms with Crippen molar-refractivity contribution in [3.05, 3.63) is 23.8 Å². The lowest BCUT2D eigenvalue weighted by Gasteiger charge is -2.59. The Morgan fingerprint density at radius 1 is 1.13 bits per heavy atom. The van der Waals surface area contributed by atoms with Crippen LogP contribution in [0.15, 0.2) is 23.8 Å². The van der Waals surface area contributed by atoms with Gasteiger partial charge in [-0.05, 0) is 68.1 Å². The van der Waals surface area contributed by atoms with Crippen LogP contribution in [0.4, 0.5) is 0 Å². The minimum Gasteiger partial charge on any atom is -0.386 e.